The number of fused-ring (bicyclic) bond motifs is 2. The lowest BCUT2D eigenvalue weighted by Gasteiger charge is -2.36. The van der Waals surface area contributed by atoms with Crippen LogP contribution < -0.4 is 4.90 Å². The maximum Gasteiger partial charge on any atom is 0.0834 e. The standard InChI is InChI=1S/C25H25ClN4/c1-2-10-29-12-9-22-24(29)4-3-5-25(22)30-15-13-28(14-16-30)11-8-19-18-27-23-17-20(26)6-7-21(19)23/h1,3-7,9,12,17-18,27H,8,10-11,13-16H2. The van der Waals surface area contributed by atoms with Crippen LogP contribution in [-0.4, -0.2) is 47.2 Å². The SMILES string of the molecule is C#CCn1ccc2c(N3CCN(CCc4c[nH]c5cc(Cl)ccc45)CC3)cccc21. The molecule has 0 amide bonds. The van der Waals surface area contributed by atoms with Crippen LogP contribution in [0.1, 0.15) is 5.56 Å². The Morgan fingerprint density at radius 3 is 2.73 bits per heavy atom. The molecule has 5 rings (SSSR count). The van der Waals surface area contributed by atoms with Crippen LogP contribution in [0.2, 0.25) is 5.02 Å². The van der Waals surface area contributed by atoms with Gasteiger partial charge < -0.3 is 14.5 Å². The molecule has 2 aromatic heterocycles. The summed E-state index contributed by atoms with van der Waals surface area (Å²) in [6.07, 6.45) is 10.8. The number of terminal acetylenes is 1. The zero-order valence-electron chi connectivity index (χ0n) is 16.9. The number of rotatable bonds is 5. The highest BCUT2D eigenvalue weighted by Crippen LogP contribution is 2.29. The average Bonchev–Trinajstić information content (AvgIpc) is 3.37. The third kappa shape index (κ3) is 3.56. The molecular weight excluding hydrogens is 392 g/mol. The Balaban J connectivity index is 1.23. The van der Waals surface area contributed by atoms with E-state index in [0.29, 0.717) is 6.54 Å². The van der Waals surface area contributed by atoms with Gasteiger partial charge in [0, 0.05) is 72.1 Å². The van der Waals surface area contributed by atoms with E-state index in [2.05, 4.69) is 68.0 Å². The topological polar surface area (TPSA) is 27.2 Å². The first-order valence-corrected chi connectivity index (χ1v) is 10.8. The molecule has 30 heavy (non-hydrogen) atoms. The zero-order valence-corrected chi connectivity index (χ0v) is 17.7. The minimum Gasteiger partial charge on any atom is -0.368 e. The van der Waals surface area contributed by atoms with Crippen LogP contribution in [-0.2, 0) is 13.0 Å². The van der Waals surface area contributed by atoms with Gasteiger partial charge in [-0.1, -0.05) is 29.7 Å². The van der Waals surface area contributed by atoms with Crippen molar-refractivity contribution in [1.82, 2.24) is 14.5 Å². The molecule has 2 aromatic carbocycles. The van der Waals surface area contributed by atoms with Crippen LogP contribution >= 0.6 is 11.6 Å². The number of benzene rings is 2. The molecule has 4 aromatic rings. The number of piperazine rings is 1. The smallest absolute Gasteiger partial charge is 0.0834 e. The highest BCUT2D eigenvalue weighted by atomic mass is 35.5. The fourth-order valence-corrected chi connectivity index (χ4v) is 4.75. The molecular formula is C25H25ClN4. The summed E-state index contributed by atoms with van der Waals surface area (Å²) in [5.41, 5.74) is 5.01. The number of hydrogen-bond acceptors (Lipinski definition) is 2. The van der Waals surface area contributed by atoms with Gasteiger partial charge in [-0.25, -0.2) is 0 Å². The van der Waals surface area contributed by atoms with Crippen molar-refractivity contribution >= 4 is 39.1 Å². The van der Waals surface area contributed by atoms with Gasteiger partial charge in [0.1, 0.15) is 0 Å². The fourth-order valence-electron chi connectivity index (χ4n) is 4.58. The van der Waals surface area contributed by atoms with Gasteiger partial charge in [-0.3, -0.25) is 4.90 Å². The van der Waals surface area contributed by atoms with Crippen molar-refractivity contribution in [1.29, 1.82) is 0 Å². The number of aromatic nitrogens is 2. The Kier molecular flexibility index (Phi) is 5.16. The number of nitrogens with one attached hydrogen (secondary N) is 1. The number of anilines is 1. The third-order valence-electron chi connectivity index (χ3n) is 6.19. The van der Waals surface area contributed by atoms with Gasteiger partial charge in [-0.2, -0.15) is 0 Å². The van der Waals surface area contributed by atoms with E-state index in [0.717, 1.165) is 49.7 Å². The second-order valence-electron chi connectivity index (χ2n) is 7.94. The van der Waals surface area contributed by atoms with Crippen LogP contribution in [0.3, 0.4) is 0 Å². The Morgan fingerprint density at radius 2 is 1.90 bits per heavy atom. The lowest BCUT2D eigenvalue weighted by atomic mass is 10.1. The highest BCUT2D eigenvalue weighted by molar-refractivity contribution is 6.31. The van der Waals surface area contributed by atoms with E-state index >= 15 is 0 Å². The van der Waals surface area contributed by atoms with E-state index in [1.54, 1.807) is 0 Å². The van der Waals surface area contributed by atoms with Gasteiger partial charge in [0.15, 0.2) is 0 Å². The van der Waals surface area contributed by atoms with Crippen LogP contribution in [0, 0.1) is 12.3 Å². The zero-order chi connectivity index (χ0) is 20.5. The molecule has 5 heteroatoms. The predicted octanol–water partition coefficient (Wildman–Crippen LogP) is 4.77. The van der Waals surface area contributed by atoms with Crippen LogP contribution in [0.15, 0.2) is 54.9 Å². The second kappa shape index (κ2) is 8.10. The summed E-state index contributed by atoms with van der Waals surface area (Å²) in [6.45, 7) is 5.93. The lowest BCUT2D eigenvalue weighted by Crippen LogP contribution is -2.47. The van der Waals surface area contributed by atoms with Crippen molar-refractivity contribution in [3.63, 3.8) is 0 Å². The second-order valence-corrected chi connectivity index (χ2v) is 8.38. The van der Waals surface area contributed by atoms with Crippen LogP contribution in [0.5, 0.6) is 0 Å². The summed E-state index contributed by atoms with van der Waals surface area (Å²) in [6, 6.07) is 14.8. The van der Waals surface area contributed by atoms with Gasteiger partial charge in [0.25, 0.3) is 0 Å². The van der Waals surface area contributed by atoms with E-state index < -0.39 is 0 Å². The summed E-state index contributed by atoms with van der Waals surface area (Å²) < 4.78 is 2.14. The summed E-state index contributed by atoms with van der Waals surface area (Å²) >= 11 is 6.10. The lowest BCUT2D eigenvalue weighted by molar-refractivity contribution is 0.261. The molecule has 1 fully saturated rings. The monoisotopic (exact) mass is 416 g/mol. The van der Waals surface area contributed by atoms with Gasteiger partial charge in [-0.15, -0.1) is 6.42 Å². The Morgan fingerprint density at radius 1 is 1.03 bits per heavy atom. The highest BCUT2D eigenvalue weighted by Gasteiger charge is 2.19. The maximum absolute atomic E-state index is 6.10. The first-order chi connectivity index (χ1) is 14.7. The van der Waals surface area contributed by atoms with Crippen molar-refractivity contribution in [2.45, 2.75) is 13.0 Å². The van der Waals surface area contributed by atoms with E-state index in [1.165, 1.54) is 27.5 Å². The predicted molar refractivity (Wildman–Crippen MR) is 126 cm³/mol. The third-order valence-corrected chi connectivity index (χ3v) is 6.43. The van der Waals surface area contributed by atoms with Crippen molar-refractivity contribution in [3.05, 3.63) is 65.4 Å². The minimum atomic E-state index is 0.612. The van der Waals surface area contributed by atoms with Crippen LogP contribution in [0.25, 0.3) is 21.8 Å². The Bertz CT molecular complexity index is 1220. The Hall–Kier alpha value is -2.87. The molecule has 0 unspecified atom stereocenters. The molecule has 0 atom stereocenters. The molecule has 1 N–H and O–H groups in total. The van der Waals surface area contributed by atoms with Gasteiger partial charge in [0.2, 0.25) is 0 Å². The molecule has 0 bridgehead atoms. The molecule has 0 spiro atoms. The van der Waals surface area contributed by atoms with Gasteiger partial charge >= 0.3 is 0 Å². The Labute approximate surface area is 182 Å². The number of nitrogens with zero attached hydrogens (tertiary/aromatic N) is 3. The largest absolute Gasteiger partial charge is 0.368 e. The molecule has 0 saturated carbocycles. The summed E-state index contributed by atoms with van der Waals surface area (Å²) in [4.78, 5) is 8.42. The number of H-pyrrole nitrogens is 1. The normalized spacial score (nSPS) is 15.1. The summed E-state index contributed by atoms with van der Waals surface area (Å²) in [5.74, 6) is 2.74. The van der Waals surface area contributed by atoms with E-state index in [-0.39, 0.29) is 0 Å². The molecule has 1 aliphatic rings. The van der Waals surface area contributed by atoms with Crippen LogP contribution in [0.4, 0.5) is 5.69 Å². The molecule has 1 saturated heterocycles. The van der Waals surface area contributed by atoms with Crippen molar-refractivity contribution in [2.75, 3.05) is 37.6 Å². The number of halogens is 1. The average molecular weight is 417 g/mol. The molecule has 0 radical (unpaired) electrons. The molecule has 3 heterocycles. The number of aromatic amines is 1. The van der Waals surface area contributed by atoms with Crippen molar-refractivity contribution in [3.8, 4) is 12.3 Å². The summed E-state index contributed by atoms with van der Waals surface area (Å²) in [5, 5.41) is 3.34. The van der Waals surface area contributed by atoms with E-state index in [4.69, 9.17) is 18.0 Å². The van der Waals surface area contributed by atoms with E-state index in [9.17, 15) is 0 Å². The molecule has 1 aliphatic heterocycles. The first-order valence-electron chi connectivity index (χ1n) is 10.5. The molecule has 152 valence electrons. The van der Waals surface area contributed by atoms with E-state index in [1.807, 2.05) is 12.1 Å². The molecule has 4 nitrogen and oxygen atoms in total. The minimum absolute atomic E-state index is 0.612. The first kappa shape index (κ1) is 19.1. The number of hydrogen-bond donors (Lipinski definition) is 1. The van der Waals surface area contributed by atoms with Gasteiger partial charge in [0.05, 0.1) is 12.1 Å². The maximum atomic E-state index is 6.10. The van der Waals surface area contributed by atoms with Crippen molar-refractivity contribution in [2.24, 2.45) is 0 Å². The molecule has 0 aliphatic carbocycles. The van der Waals surface area contributed by atoms with Crippen molar-refractivity contribution < 1.29 is 0 Å². The fraction of sp³-hybridized carbons (Fsp3) is 0.280. The quantitative estimate of drug-likeness (QED) is 0.474. The van der Waals surface area contributed by atoms with Gasteiger partial charge in [-0.05, 0) is 42.3 Å². The summed E-state index contributed by atoms with van der Waals surface area (Å²) in [7, 11) is 0.